The van der Waals surface area contributed by atoms with Crippen LogP contribution in [0.5, 0.6) is 0 Å². The molecule has 0 fully saturated rings. The van der Waals surface area contributed by atoms with Gasteiger partial charge in [-0.1, -0.05) is 5.16 Å². The van der Waals surface area contributed by atoms with E-state index in [0.717, 1.165) is 17.0 Å². The van der Waals surface area contributed by atoms with Crippen LogP contribution >= 0.6 is 11.6 Å². The van der Waals surface area contributed by atoms with Crippen molar-refractivity contribution in [3.05, 3.63) is 36.4 Å². The van der Waals surface area contributed by atoms with Crippen LogP contribution in [0.25, 0.3) is 11.2 Å². The van der Waals surface area contributed by atoms with E-state index in [2.05, 4.69) is 20.1 Å². The molecule has 7 heteroatoms. The molecule has 0 spiro atoms. The Labute approximate surface area is 108 Å². The van der Waals surface area contributed by atoms with Crippen molar-refractivity contribution < 1.29 is 4.52 Å². The second-order valence-electron chi connectivity index (χ2n) is 3.87. The van der Waals surface area contributed by atoms with Crippen molar-refractivity contribution in [3.63, 3.8) is 0 Å². The van der Waals surface area contributed by atoms with Crippen LogP contribution in [0.4, 0.5) is 0 Å². The third-order valence-corrected chi connectivity index (χ3v) is 2.79. The molecule has 3 aromatic rings. The van der Waals surface area contributed by atoms with Crippen molar-refractivity contribution in [2.45, 2.75) is 18.8 Å². The minimum Gasteiger partial charge on any atom is -0.343 e. The van der Waals surface area contributed by atoms with E-state index in [1.807, 2.05) is 23.6 Å². The van der Waals surface area contributed by atoms with Crippen LogP contribution in [0.2, 0.25) is 0 Å². The Bertz CT molecular complexity index is 661. The lowest BCUT2D eigenvalue weighted by Gasteiger charge is -2.06. The third kappa shape index (κ3) is 1.84. The lowest BCUT2D eigenvalue weighted by molar-refractivity contribution is 0.408. The standard InChI is InChI=1S/C11H10ClN5O/c1-7(12)10-15-8-3-2-4-13-11(8)17(10)5-9-14-6-18-16-9/h2-4,6-7H,5H2,1H3. The Balaban J connectivity index is 2.15. The molecule has 0 radical (unpaired) electrons. The Morgan fingerprint density at radius 3 is 3.06 bits per heavy atom. The number of aromatic nitrogens is 5. The zero-order valence-corrected chi connectivity index (χ0v) is 10.4. The van der Waals surface area contributed by atoms with Gasteiger partial charge in [0.1, 0.15) is 11.3 Å². The van der Waals surface area contributed by atoms with Crippen LogP contribution in [0.15, 0.2) is 29.2 Å². The molecule has 0 N–H and O–H groups in total. The molecule has 3 rings (SSSR count). The second-order valence-corrected chi connectivity index (χ2v) is 4.52. The highest BCUT2D eigenvalue weighted by molar-refractivity contribution is 6.20. The van der Waals surface area contributed by atoms with E-state index in [4.69, 9.17) is 16.1 Å². The molecule has 6 nitrogen and oxygen atoms in total. The summed E-state index contributed by atoms with van der Waals surface area (Å²) in [6.45, 7) is 2.31. The van der Waals surface area contributed by atoms with Crippen LogP contribution in [-0.2, 0) is 6.54 Å². The van der Waals surface area contributed by atoms with Crippen LogP contribution < -0.4 is 0 Å². The molecular weight excluding hydrogens is 254 g/mol. The average Bonchev–Trinajstić information content (AvgIpc) is 2.98. The van der Waals surface area contributed by atoms with E-state index in [-0.39, 0.29) is 5.38 Å². The molecular formula is C11H10ClN5O. The largest absolute Gasteiger partial charge is 0.343 e. The maximum Gasteiger partial charge on any atom is 0.213 e. The summed E-state index contributed by atoms with van der Waals surface area (Å²) in [5.74, 6) is 1.31. The first kappa shape index (κ1) is 11.2. The molecule has 0 aliphatic heterocycles. The first-order valence-electron chi connectivity index (χ1n) is 5.46. The summed E-state index contributed by atoms with van der Waals surface area (Å²) in [5, 5.41) is 3.58. The smallest absolute Gasteiger partial charge is 0.213 e. The number of rotatable bonds is 3. The molecule has 18 heavy (non-hydrogen) atoms. The summed E-state index contributed by atoms with van der Waals surface area (Å²) in [6, 6.07) is 3.74. The van der Waals surface area contributed by atoms with Crippen molar-refractivity contribution in [2.24, 2.45) is 0 Å². The van der Waals surface area contributed by atoms with Crippen LogP contribution in [0, 0.1) is 0 Å². The van der Waals surface area contributed by atoms with Gasteiger partial charge in [-0.2, -0.15) is 4.98 Å². The van der Waals surface area contributed by atoms with Gasteiger partial charge in [-0.3, -0.25) is 0 Å². The first-order valence-corrected chi connectivity index (χ1v) is 5.90. The number of hydrogen-bond acceptors (Lipinski definition) is 5. The SMILES string of the molecule is CC(Cl)c1nc2cccnc2n1Cc1ncon1. The number of fused-ring (bicyclic) bond motifs is 1. The van der Waals surface area contributed by atoms with Gasteiger partial charge >= 0.3 is 0 Å². The predicted octanol–water partition coefficient (Wildman–Crippen LogP) is 2.16. The van der Waals surface area contributed by atoms with Gasteiger partial charge in [0.15, 0.2) is 11.5 Å². The summed E-state index contributed by atoms with van der Waals surface area (Å²) >= 11 is 6.14. The molecule has 1 atom stereocenters. The molecule has 0 aromatic carbocycles. The number of halogens is 1. The highest BCUT2D eigenvalue weighted by atomic mass is 35.5. The third-order valence-electron chi connectivity index (χ3n) is 2.60. The zero-order valence-electron chi connectivity index (χ0n) is 9.62. The fourth-order valence-corrected chi connectivity index (χ4v) is 2.01. The number of alkyl halides is 1. The number of hydrogen-bond donors (Lipinski definition) is 0. The van der Waals surface area contributed by atoms with Crippen molar-refractivity contribution >= 4 is 22.8 Å². The second kappa shape index (κ2) is 4.38. The van der Waals surface area contributed by atoms with Gasteiger partial charge in [0.2, 0.25) is 6.39 Å². The number of pyridine rings is 1. The molecule has 92 valence electrons. The summed E-state index contributed by atoms with van der Waals surface area (Å²) in [7, 11) is 0. The Morgan fingerprint density at radius 2 is 2.33 bits per heavy atom. The monoisotopic (exact) mass is 263 g/mol. The van der Waals surface area contributed by atoms with E-state index in [0.29, 0.717) is 12.4 Å². The predicted molar refractivity (Wildman–Crippen MR) is 65.2 cm³/mol. The fourth-order valence-electron chi connectivity index (χ4n) is 1.84. The minimum atomic E-state index is -0.217. The normalized spacial score (nSPS) is 13.0. The van der Waals surface area contributed by atoms with E-state index >= 15 is 0 Å². The maximum absolute atomic E-state index is 6.14. The fraction of sp³-hybridized carbons (Fsp3) is 0.273. The summed E-state index contributed by atoms with van der Waals surface area (Å²) < 4.78 is 6.63. The molecule has 0 aliphatic rings. The lowest BCUT2D eigenvalue weighted by Crippen LogP contribution is -2.07. The maximum atomic E-state index is 6.14. The minimum absolute atomic E-state index is 0.217. The average molecular weight is 264 g/mol. The van der Waals surface area contributed by atoms with Gasteiger partial charge in [-0.05, 0) is 19.1 Å². The highest BCUT2D eigenvalue weighted by Gasteiger charge is 2.16. The Morgan fingerprint density at radius 1 is 1.44 bits per heavy atom. The highest BCUT2D eigenvalue weighted by Crippen LogP contribution is 2.23. The van der Waals surface area contributed by atoms with Crippen molar-refractivity contribution in [1.82, 2.24) is 24.7 Å². The summed E-state index contributed by atoms with van der Waals surface area (Å²) in [6.07, 6.45) is 3.02. The molecule has 0 aliphatic carbocycles. The summed E-state index contributed by atoms with van der Waals surface area (Å²) in [5.41, 5.74) is 1.58. The molecule has 1 unspecified atom stereocenters. The van der Waals surface area contributed by atoms with Crippen molar-refractivity contribution in [1.29, 1.82) is 0 Å². The topological polar surface area (TPSA) is 69.6 Å². The summed E-state index contributed by atoms with van der Waals surface area (Å²) in [4.78, 5) is 12.8. The Hall–Kier alpha value is -1.95. The van der Waals surface area contributed by atoms with Gasteiger partial charge in [0, 0.05) is 6.20 Å². The number of imidazole rings is 1. The number of nitrogens with zero attached hydrogens (tertiary/aromatic N) is 5. The van der Waals surface area contributed by atoms with Crippen LogP contribution in [0.3, 0.4) is 0 Å². The van der Waals surface area contributed by atoms with E-state index in [1.165, 1.54) is 6.39 Å². The van der Waals surface area contributed by atoms with E-state index in [9.17, 15) is 0 Å². The van der Waals surface area contributed by atoms with Gasteiger partial charge < -0.3 is 9.09 Å². The van der Waals surface area contributed by atoms with Crippen molar-refractivity contribution in [3.8, 4) is 0 Å². The lowest BCUT2D eigenvalue weighted by atomic mass is 10.4. The van der Waals surface area contributed by atoms with Gasteiger partial charge in [-0.15, -0.1) is 11.6 Å². The first-order chi connectivity index (χ1) is 8.75. The molecule has 0 saturated carbocycles. The zero-order chi connectivity index (χ0) is 12.5. The van der Waals surface area contributed by atoms with Crippen LogP contribution in [-0.4, -0.2) is 24.7 Å². The van der Waals surface area contributed by atoms with E-state index in [1.54, 1.807) is 6.20 Å². The van der Waals surface area contributed by atoms with Gasteiger partial charge in [0.25, 0.3) is 0 Å². The Kier molecular flexibility index (Phi) is 2.71. The van der Waals surface area contributed by atoms with Crippen LogP contribution in [0.1, 0.15) is 23.9 Å². The molecule has 0 bridgehead atoms. The van der Waals surface area contributed by atoms with Gasteiger partial charge in [-0.25, -0.2) is 9.97 Å². The molecule has 3 heterocycles. The van der Waals surface area contributed by atoms with E-state index < -0.39 is 0 Å². The molecule has 0 amide bonds. The van der Waals surface area contributed by atoms with Crippen molar-refractivity contribution in [2.75, 3.05) is 0 Å². The molecule has 3 aromatic heterocycles. The molecule has 0 saturated heterocycles. The van der Waals surface area contributed by atoms with Gasteiger partial charge in [0.05, 0.1) is 11.9 Å². The quantitative estimate of drug-likeness (QED) is 0.677.